The summed E-state index contributed by atoms with van der Waals surface area (Å²) in [6, 6.07) is 0. The summed E-state index contributed by atoms with van der Waals surface area (Å²) >= 11 is 0. The molecule has 0 aliphatic heterocycles. The molecule has 0 amide bonds. The van der Waals surface area contributed by atoms with Crippen LogP contribution in [0, 0.1) is 0 Å². The van der Waals surface area contributed by atoms with Crippen LogP contribution in [-0.4, -0.2) is 84.3 Å². The molecule has 0 rings (SSSR count). The molecule has 9 heteroatoms. The second-order valence-electron chi connectivity index (χ2n) is 0.513. The fourth-order valence-electron chi connectivity index (χ4n) is 0. The number of hydrogen-bond acceptors (Lipinski definition) is 3. The van der Waals surface area contributed by atoms with Crippen molar-refractivity contribution < 1.29 is 29.8 Å². The van der Waals surface area contributed by atoms with Crippen LogP contribution in [0.25, 0.3) is 0 Å². The first-order valence-corrected chi connectivity index (χ1v) is 2.55. The molecule has 9 heavy (non-hydrogen) atoms. The SMILES string of the molecule is O=P(O)(O)O.OO.[NaH].[NaH]. The third-order valence-electron chi connectivity index (χ3n) is 0. The summed E-state index contributed by atoms with van der Waals surface area (Å²) in [6.45, 7) is 0. The van der Waals surface area contributed by atoms with Crippen LogP contribution in [0.5, 0.6) is 0 Å². The third-order valence-corrected chi connectivity index (χ3v) is 0. The molecule has 0 bridgehead atoms. The van der Waals surface area contributed by atoms with Crippen LogP contribution < -0.4 is 0 Å². The maximum absolute atomic E-state index is 8.88. The van der Waals surface area contributed by atoms with Crippen molar-refractivity contribution in [3.8, 4) is 0 Å². The first kappa shape index (κ1) is 22.5. The van der Waals surface area contributed by atoms with Crippen LogP contribution >= 0.6 is 7.82 Å². The van der Waals surface area contributed by atoms with Crippen molar-refractivity contribution in [3.05, 3.63) is 0 Å². The quantitative estimate of drug-likeness (QED) is 0.125. The van der Waals surface area contributed by atoms with Gasteiger partial charge in [-0.15, -0.1) is 0 Å². The van der Waals surface area contributed by atoms with Gasteiger partial charge in [0.1, 0.15) is 0 Å². The van der Waals surface area contributed by atoms with Gasteiger partial charge in [0, 0.05) is 0 Å². The molecule has 0 radical (unpaired) electrons. The molecule has 50 valence electrons. The molecule has 0 unspecified atom stereocenters. The zero-order chi connectivity index (χ0) is 6.50. The summed E-state index contributed by atoms with van der Waals surface area (Å²) in [6.07, 6.45) is 0. The zero-order valence-corrected chi connectivity index (χ0v) is 3.99. The Hall–Kier alpha value is 2.03. The van der Waals surface area contributed by atoms with Gasteiger partial charge in [-0.2, -0.15) is 0 Å². The number of phosphoric acid groups is 1. The Morgan fingerprint density at radius 1 is 0.889 bits per heavy atom. The Morgan fingerprint density at radius 3 is 0.889 bits per heavy atom. The summed E-state index contributed by atoms with van der Waals surface area (Å²) in [5.41, 5.74) is 0. The Kier molecular flexibility index (Phi) is 31.6. The van der Waals surface area contributed by atoms with E-state index < -0.39 is 7.82 Å². The maximum atomic E-state index is 8.88. The summed E-state index contributed by atoms with van der Waals surface area (Å²) in [7, 11) is -4.64. The summed E-state index contributed by atoms with van der Waals surface area (Å²) < 4.78 is 8.88. The summed E-state index contributed by atoms with van der Waals surface area (Å²) in [5.74, 6) is 0. The van der Waals surface area contributed by atoms with Crippen molar-refractivity contribution in [2.45, 2.75) is 0 Å². The van der Waals surface area contributed by atoms with Gasteiger partial charge in [0.2, 0.25) is 0 Å². The van der Waals surface area contributed by atoms with Gasteiger partial charge in [-0.05, 0) is 0 Å². The van der Waals surface area contributed by atoms with E-state index in [9.17, 15) is 0 Å². The molecule has 0 aromatic carbocycles. The van der Waals surface area contributed by atoms with Crippen molar-refractivity contribution >= 4 is 66.9 Å². The molecule has 0 fully saturated rings. The Labute approximate surface area is 95.7 Å². The molecule has 5 N–H and O–H groups in total. The minimum atomic E-state index is -4.64. The fourth-order valence-corrected chi connectivity index (χ4v) is 0. The van der Waals surface area contributed by atoms with Crippen LogP contribution in [0.4, 0.5) is 0 Å². The van der Waals surface area contributed by atoms with Gasteiger partial charge in [0.15, 0.2) is 0 Å². The van der Waals surface area contributed by atoms with Gasteiger partial charge in [-0.1, -0.05) is 0 Å². The third kappa shape index (κ3) is 157. The van der Waals surface area contributed by atoms with E-state index in [1.54, 1.807) is 0 Å². The van der Waals surface area contributed by atoms with Crippen LogP contribution in [0.1, 0.15) is 0 Å². The van der Waals surface area contributed by atoms with Crippen LogP contribution in [0.15, 0.2) is 0 Å². The average molecular weight is 180 g/mol. The van der Waals surface area contributed by atoms with Crippen molar-refractivity contribution in [1.82, 2.24) is 0 Å². The molecule has 0 aliphatic carbocycles. The van der Waals surface area contributed by atoms with Gasteiger partial charge in [0.05, 0.1) is 0 Å². The summed E-state index contributed by atoms with van der Waals surface area (Å²) in [4.78, 5) is 21.6. The molecular formula is H7Na2O6P. The van der Waals surface area contributed by atoms with Crippen molar-refractivity contribution in [3.63, 3.8) is 0 Å². The summed E-state index contributed by atoms with van der Waals surface area (Å²) in [5, 5.41) is 12.0. The molecule has 0 aromatic heterocycles. The first-order chi connectivity index (χ1) is 3.00. The average Bonchev–Trinajstić information content (AvgIpc) is 1.36. The van der Waals surface area contributed by atoms with Crippen molar-refractivity contribution in [1.29, 1.82) is 0 Å². The van der Waals surface area contributed by atoms with E-state index in [0.717, 1.165) is 0 Å². The van der Waals surface area contributed by atoms with E-state index in [1.165, 1.54) is 0 Å². The van der Waals surface area contributed by atoms with E-state index in [1.807, 2.05) is 0 Å². The molecule has 0 saturated heterocycles. The van der Waals surface area contributed by atoms with Gasteiger partial charge in [-0.25, -0.2) is 4.57 Å². The minimum absolute atomic E-state index is 0. The van der Waals surface area contributed by atoms with Gasteiger partial charge >= 0.3 is 66.9 Å². The second kappa shape index (κ2) is 12.7. The van der Waals surface area contributed by atoms with E-state index in [2.05, 4.69) is 0 Å². The van der Waals surface area contributed by atoms with E-state index in [4.69, 9.17) is 29.8 Å². The van der Waals surface area contributed by atoms with Crippen LogP contribution in [-0.2, 0) is 4.57 Å². The van der Waals surface area contributed by atoms with Gasteiger partial charge in [-0.3, -0.25) is 10.5 Å². The van der Waals surface area contributed by atoms with E-state index in [0.29, 0.717) is 0 Å². The molecule has 0 heterocycles. The van der Waals surface area contributed by atoms with Crippen LogP contribution in [0.3, 0.4) is 0 Å². The monoisotopic (exact) mass is 180 g/mol. The first-order valence-electron chi connectivity index (χ1n) is 0.983. The van der Waals surface area contributed by atoms with Gasteiger partial charge in [0.25, 0.3) is 0 Å². The molecular weight excluding hydrogens is 173 g/mol. The topological polar surface area (TPSA) is 118 Å². The zero-order valence-electron chi connectivity index (χ0n) is 3.09. The van der Waals surface area contributed by atoms with Gasteiger partial charge < -0.3 is 14.7 Å². The van der Waals surface area contributed by atoms with Crippen molar-refractivity contribution in [2.75, 3.05) is 0 Å². The van der Waals surface area contributed by atoms with Crippen LogP contribution in [0.2, 0.25) is 0 Å². The molecule has 0 saturated carbocycles. The Bertz CT molecular complexity index is 57.2. The number of rotatable bonds is 0. The Balaban J connectivity index is -0.0000000286. The molecule has 0 spiro atoms. The molecule has 0 aromatic rings. The van der Waals surface area contributed by atoms with E-state index >= 15 is 0 Å². The predicted molar refractivity (Wildman–Crippen MR) is 33.8 cm³/mol. The molecule has 0 atom stereocenters. The van der Waals surface area contributed by atoms with Crippen molar-refractivity contribution in [2.24, 2.45) is 0 Å². The molecule has 6 nitrogen and oxygen atoms in total. The number of hydrogen-bond donors (Lipinski definition) is 5. The Morgan fingerprint density at radius 2 is 0.889 bits per heavy atom. The second-order valence-corrected chi connectivity index (χ2v) is 1.54. The standard InChI is InChI=1S/2Na.H3O4P.H2O2.2H/c;;1-5(2,3)4;1-2;;/h;;(H3,1,2,3,4);1-2H;;. The predicted octanol–water partition coefficient (Wildman–Crippen LogP) is -2.21. The normalized spacial score (nSPS) is 7.22. The fraction of sp³-hybridized carbons (Fsp3) is 0. The molecule has 0 aliphatic rings. The van der Waals surface area contributed by atoms with E-state index in [-0.39, 0.29) is 59.1 Å².